The highest BCUT2D eigenvalue weighted by Crippen LogP contribution is 2.26. The predicted octanol–water partition coefficient (Wildman–Crippen LogP) is 3.50. The minimum absolute atomic E-state index is 0.0262. The van der Waals surface area contributed by atoms with Gasteiger partial charge in [-0.1, -0.05) is 37.4 Å². The Morgan fingerprint density at radius 1 is 1.35 bits per heavy atom. The van der Waals surface area contributed by atoms with Crippen LogP contribution in [0.2, 0.25) is 0 Å². The van der Waals surface area contributed by atoms with Crippen molar-refractivity contribution in [2.75, 3.05) is 18.8 Å². The summed E-state index contributed by atoms with van der Waals surface area (Å²) in [6.07, 6.45) is 9.34. The Morgan fingerprint density at radius 3 is 2.76 bits per heavy atom. The van der Waals surface area contributed by atoms with Crippen molar-refractivity contribution in [3.63, 3.8) is 0 Å². The van der Waals surface area contributed by atoms with Gasteiger partial charge in [-0.05, 0) is 24.8 Å². The van der Waals surface area contributed by atoms with E-state index in [1.54, 1.807) is 0 Å². The van der Waals surface area contributed by atoms with Gasteiger partial charge in [0, 0.05) is 6.54 Å². The van der Waals surface area contributed by atoms with Gasteiger partial charge in [0.05, 0.1) is 12.3 Å². The van der Waals surface area contributed by atoms with Gasteiger partial charge >= 0.3 is 0 Å². The summed E-state index contributed by atoms with van der Waals surface area (Å²) < 4.78 is 13.7. The van der Waals surface area contributed by atoms with Crippen molar-refractivity contribution in [3.05, 3.63) is 11.9 Å². The summed E-state index contributed by atoms with van der Waals surface area (Å²) in [5, 5.41) is 4.04. The molecule has 0 saturated heterocycles. The molecule has 1 heterocycles. The van der Waals surface area contributed by atoms with Crippen molar-refractivity contribution in [1.82, 2.24) is 5.32 Å². The van der Waals surface area contributed by atoms with E-state index in [4.69, 9.17) is 0 Å². The van der Waals surface area contributed by atoms with Crippen molar-refractivity contribution in [1.29, 1.82) is 0 Å². The zero-order valence-electron chi connectivity index (χ0n) is 10.3. The maximum Gasteiger partial charge on any atom is 0.157 e. The molecule has 2 rings (SSSR count). The Labute approximate surface area is 107 Å². The van der Waals surface area contributed by atoms with Crippen molar-refractivity contribution >= 4 is 16.9 Å². The third-order valence-corrected chi connectivity index (χ3v) is 4.27. The molecule has 96 valence electrons. The van der Waals surface area contributed by atoms with Crippen LogP contribution in [0.5, 0.6) is 0 Å². The Balaban J connectivity index is 1.74. The van der Waals surface area contributed by atoms with Gasteiger partial charge in [0.15, 0.2) is 5.17 Å². The van der Waals surface area contributed by atoms with E-state index in [0.717, 1.165) is 31.1 Å². The van der Waals surface area contributed by atoms with E-state index in [0.29, 0.717) is 11.7 Å². The molecule has 0 aromatic heterocycles. The van der Waals surface area contributed by atoms with Gasteiger partial charge in [0.2, 0.25) is 0 Å². The molecule has 0 aromatic carbocycles. The highest BCUT2D eigenvalue weighted by molar-refractivity contribution is 8.14. The predicted molar refractivity (Wildman–Crippen MR) is 73.1 cm³/mol. The summed E-state index contributed by atoms with van der Waals surface area (Å²) in [5.41, 5.74) is 0. The van der Waals surface area contributed by atoms with Gasteiger partial charge in [-0.15, -0.1) is 0 Å². The highest BCUT2D eigenvalue weighted by atomic mass is 32.2. The molecule has 0 spiro atoms. The molecule has 1 aliphatic carbocycles. The summed E-state index contributed by atoms with van der Waals surface area (Å²) in [6.45, 7) is 1.73. The molecule has 2 nitrogen and oxygen atoms in total. The fourth-order valence-electron chi connectivity index (χ4n) is 2.39. The number of nitrogens with one attached hydrogen (secondary N) is 1. The molecular weight excluding hydrogens is 235 g/mol. The van der Waals surface area contributed by atoms with E-state index in [1.807, 2.05) is 6.08 Å². The van der Waals surface area contributed by atoms with Crippen molar-refractivity contribution in [3.8, 4) is 0 Å². The largest absolute Gasteiger partial charge is 0.363 e. The van der Waals surface area contributed by atoms with Crippen LogP contribution in [-0.2, 0) is 0 Å². The molecule has 17 heavy (non-hydrogen) atoms. The van der Waals surface area contributed by atoms with E-state index in [2.05, 4.69) is 10.3 Å². The minimum atomic E-state index is 0.0262. The molecule has 0 aromatic rings. The molecule has 1 saturated carbocycles. The average Bonchev–Trinajstić information content (AvgIpc) is 2.72. The first-order valence-electron chi connectivity index (χ1n) is 6.62. The summed E-state index contributed by atoms with van der Waals surface area (Å²) >= 11 is 1.48. The molecule has 0 amide bonds. The normalized spacial score (nSPS) is 23.1. The lowest BCUT2D eigenvalue weighted by Crippen LogP contribution is -2.15. The van der Waals surface area contributed by atoms with Crippen LogP contribution in [0.3, 0.4) is 0 Å². The zero-order valence-corrected chi connectivity index (χ0v) is 11.1. The maximum absolute atomic E-state index is 13.7. The maximum atomic E-state index is 13.7. The van der Waals surface area contributed by atoms with Crippen LogP contribution in [0.25, 0.3) is 0 Å². The highest BCUT2D eigenvalue weighted by Gasteiger charge is 2.12. The SMILES string of the molecule is F/C(=C\C1CCCCCC1)CSC1=NCCN1. The standard InChI is InChI=1S/C13H21FN2S/c14-12(10-17-13-15-7-8-16-13)9-11-5-3-1-2-4-6-11/h9,11H,1-8,10H2,(H,15,16)/b12-9-. The van der Waals surface area contributed by atoms with Crippen LogP contribution >= 0.6 is 11.8 Å². The molecule has 0 bridgehead atoms. The second-order valence-electron chi connectivity index (χ2n) is 4.77. The van der Waals surface area contributed by atoms with Crippen LogP contribution in [0.15, 0.2) is 16.9 Å². The third-order valence-electron chi connectivity index (χ3n) is 3.31. The summed E-state index contributed by atoms with van der Waals surface area (Å²) in [5.74, 6) is 0.928. The van der Waals surface area contributed by atoms with Gasteiger partial charge in [0.1, 0.15) is 5.83 Å². The summed E-state index contributed by atoms with van der Waals surface area (Å²) in [4.78, 5) is 4.24. The first-order valence-corrected chi connectivity index (χ1v) is 7.60. The second-order valence-corrected chi connectivity index (χ2v) is 5.73. The number of hydrogen-bond donors (Lipinski definition) is 1. The third kappa shape index (κ3) is 4.70. The second kappa shape index (κ2) is 7.04. The van der Waals surface area contributed by atoms with Crippen molar-refractivity contribution in [2.24, 2.45) is 10.9 Å². The van der Waals surface area contributed by atoms with Gasteiger partial charge < -0.3 is 5.32 Å². The monoisotopic (exact) mass is 256 g/mol. The number of rotatable bonds is 3. The summed E-state index contributed by atoms with van der Waals surface area (Å²) in [6, 6.07) is 0. The average molecular weight is 256 g/mol. The topological polar surface area (TPSA) is 24.4 Å². The smallest absolute Gasteiger partial charge is 0.157 e. The number of hydrogen-bond acceptors (Lipinski definition) is 3. The van der Waals surface area contributed by atoms with Gasteiger partial charge in [-0.25, -0.2) is 4.39 Å². The van der Waals surface area contributed by atoms with Crippen molar-refractivity contribution in [2.45, 2.75) is 38.5 Å². The van der Waals surface area contributed by atoms with E-state index in [9.17, 15) is 4.39 Å². The fraction of sp³-hybridized carbons (Fsp3) is 0.769. The number of halogens is 1. The minimum Gasteiger partial charge on any atom is -0.363 e. The first kappa shape index (κ1) is 12.9. The lowest BCUT2D eigenvalue weighted by molar-refractivity contribution is 0.533. The molecule has 2 aliphatic rings. The lowest BCUT2D eigenvalue weighted by Gasteiger charge is -2.08. The molecular formula is C13H21FN2S. The molecule has 1 aliphatic heterocycles. The number of amidine groups is 1. The molecule has 0 atom stereocenters. The molecule has 4 heteroatoms. The first-order chi connectivity index (χ1) is 8.34. The molecule has 1 fully saturated rings. The van der Waals surface area contributed by atoms with Crippen LogP contribution in [0, 0.1) is 5.92 Å². The van der Waals surface area contributed by atoms with Gasteiger partial charge in [-0.2, -0.15) is 0 Å². The van der Waals surface area contributed by atoms with E-state index in [1.165, 1.54) is 37.4 Å². The number of thioether (sulfide) groups is 1. The van der Waals surface area contributed by atoms with E-state index < -0.39 is 0 Å². The quantitative estimate of drug-likeness (QED) is 0.782. The van der Waals surface area contributed by atoms with Crippen LogP contribution in [-0.4, -0.2) is 24.0 Å². The number of allylic oxidation sites excluding steroid dienone is 1. The van der Waals surface area contributed by atoms with Gasteiger partial charge in [-0.3, -0.25) is 4.99 Å². The van der Waals surface area contributed by atoms with E-state index >= 15 is 0 Å². The lowest BCUT2D eigenvalue weighted by atomic mass is 10.00. The Hall–Kier alpha value is -0.510. The molecule has 1 N–H and O–H groups in total. The van der Waals surface area contributed by atoms with Crippen LogP contribution in [0.4, 0.5) is 4.39 Å². The molecule has 0 radical (unpaired) electrons. The number of nitrogens with zero attached hydrogens (tertiary/aromatic N) is 1. The Kier molecular flexibility index (Phi) is 5.36. The zero-order chi connectivity index (χ0) is 11.9. The Bertz CT molecular complexity index is 294. The molecule has 0 unspecified atom stereocenters. The van der Waals surface area contributed by atoms with E-state index in [-0.39, 0.29) is 5.83 Å². The fourth-order valence-corrected chi connectivity index (χ4v) is 3.15. The van der Waals surface area contributed by atoms with Crippen LogP contribution < -0.4 is 5.32 Å². The van der Waals surface area contributed by atoms with Gasteiger partial charge in [0.25, 0.3) is 0 Å². The van der Waals surface area contributed by atoms with Crippen LogP contribution in [0.1, 0.15) is 38.5 Å². The summed E-state index contributed by atoms with van der Waals surface area (Å²) in [7, 11) is 0. The number of aliphatic imine (C=N–C) groups is 1. The Morgan fingerprint density at radius 2 is 2.12 bits per heavy atom. The van der Waals surface area contributed by atoms with Crippen molar-refractivity contribution < 1.29 is 4.39 Å².